The summed E-state index contributed by atoms with van der Waals surface area (Å²) in [4.78, 5) is 40.5. The third kappa shape index (κ3) is 9.32. The number of nitrogens with one attached hydrogen (secondary N) is 3. The van der Waals surface area contributed by atoms with Crippen LogP contribution in [-0.2, 0) is 25.6 Å². The molecular weight excluding hydrogens is 503 g/mol. The third-order valence-corrected chi connectivity index (χ3v) is 5.77. The van der Waals surface area contributed by atoms with E-state index in [0.717, 1.165) is 10.8 Å². The average molecular weight is 531 g/mol. The topological polar surface area (TPSA) is 119 Å². The number of rotatable bonds is 12. The monoisotopic (exact) mass is 530 g/mol. The minimum Gasteiger partial charge on any atom is -0.469 e. The molecule has 0 aliphatic rings. The van der Waals surface area contributed by atoms with Crippen molar-refractivity contribution >= 4 is 46.2 Å². The molecule has 0 saturated carbocycles. The molecule has 11 heteroatoms. The fraction of sp³-hybridized carbons (Fsp3) is 0.308. The summed E-state index contributed by atoms with van der Waals surface area (Å²) in [5.74, 6) is -0.828. The van der Waals surface area contributed by atoms with Gasteiger partial charge in [0.25, 0.3) is 0 Å². The van der Waals surface area contributed by atoms with Crippen molar-refractivity contribution < 1.29 is 28.2 Å². The second kappa shape index (κ2) is 14.1. The number of fused-ring (bicyclic) bond motifs is 1. The first kappa shape index (κ1) is 27.8. The van der Waals surface area contributed by atoms with Crippen molar-refractivity contribution in [1.82, 2.24) is 15.6 Å². The maximum atomic E-state index is 13.2. The molecule has 1 atom stereocenters. The van der Waals surface area contributed by atoms with E-state index in [1.54, 1.807) is 12.3 Å². The van der Waals surface area contributed by atoms with Crippen molar-refractivity contribution in [1.29, 1.82) is 0 Å². The summed E-state index contributed by atoms with van der Waals surface area (Å²) >= 11 is 6.00. The summed E-state index contributed by atoms with van der Waals surface area (Å²) in [7, 11) is 1.30. The van der Waals surface area contributed by atoms with Gasteiger partial charge < -0.3 is 20.1 Å². The molecule has 0 radical (unpaired) electrons. The molecular formula is C26H28ClFN4O5. The number of aromatic nitrogens is 1. The Kier molecular flexibility index (Phi) is 10.6. The van der Waals surface area contributed by atoms with Gasteiger partial charge in [-0.25, -0.2) is 14.2 Å². The molecule has 2 aromatic carbocycles. The number of ether oxygens (including phenoxy) is 2. The highest BCUT2D eigenvalue weighted by Crippen LogP contribution is 2.17. The van der Waals surface area contributed by atoms with Crippen molar-refractivity contribution in [2.24, 2.45) is 0 Å². The van der Waals surface area contributed by atoms with Gasteiger partial charge in [0.2, 0.25) is 5.91 Å². The fourth-order valence-corrected chi connectivity index (χ4v) is 3.75. The normalized spacial score (nSPS) is 11.5. The zero-order valence-corrected chi connectivity index (χ0v) is 21.0. The SMILES string of the molecule is COC(=O)CCC[C@@H](COC(=O)Nc1cc2ccccc2cn1)NC(=O)CNCc1ccc(F)cc1Cl. The number of carbonyl (C=O) groups excluding carboxylic acids is 3. The lowest BCUT2D eigenvalue weighted by atomic mass is 10.1. The summed E-state index contributed by atoms with van der Waals surface area (Å²) in [5, 5.41) is 10.4. The van der Waals surface area contributed by atoms with Gasteiger partial charge in [-0.2, -0.15) is 0 Å². The minimum atomic E-state index is -0.723. The van der Waals surface area contributed by atoms with E-state index in [1.165, 1.54) is 25.3 Å². The Balaban J connectivity index is 1.50. The number of nitrogens with zero attached hydrogens (tertiary/aromatic N) is 1. The van der Waals surface area contributed by atoms with Crippen LogP contribution in [-0.4, -0.2) is 49.3 Å². The number of hydrogen-bond donors (Lipinski definition) is 3. The van der Waals surface area contributed by atoms with Gasteiger partial charge in [-0.1, -0.05) is 41.9 Å². The first-order chi connectivity index (χ1) is 17.8. The number of amides is 2. The van der Waals surface area contributed by atoms with E-state index in [2.05, 4.69) is 25.7 Å². The predicted molar refractivity (Wildman–Crippen MR) is 138 cm³/mol. The van der Waals surface area contributed by atoms with E-state index in [1.807, 2.05) is 24.3 Å². The molecule has 0 unspecified atom stereocenters. The van der Waals surface area contributed by atoms with Gasteiger partial charge in [0.05, 0.1) is 19.7 Å². The molecule has 3 aromatic rings. The summed E-state index contributed by atoms with van der Waals surface area (Å²) in [6.07, 6.45) is 1.89. The van der Waals surface area contributed by atoms with Gasteiger partial charge in [0.1, 0.15) is 18.2 Å². The molecule has 1 heterocycles. The first-order valence-electron chi connectivity index (χ1n) is 11.6. The van der Waals surface area contributed by atoms with Crippen molar-refractivity contribution in [3.05, 3.63) is 71.1 Å². The van der Waals surface area contributed by atoms with Gasteiger partial charge in [-0.3, -0.25) is 14.9 Å². The summed E-state index contributed by atoms with van der Waals surface area (Å²) in [6, 6.07) is 12.8. The van der Waals surface area contributed by atoms with Crippen molar-refractivity contribution in [3.63, 3.8) is 0 Å². The molecule has 3 N–H and O–H groups in total. The number of esters is 1. The largest absolute Gasteiger partial charge is 0.469 e. The standard InChI is InChI=1S/C26H28ClFN4O5/c1-36-25(34)8-4-7-21(31-24(33)15-29-13-19-9-10-20(28)12-22(19)27)16-37-26(35)32-23-11-17-5-2-3-6-18(17)14-30-23/h2-3,5-6,9-12,14,21,29H,4,7-8,13,15-16H2,1H3,(H,31,33)(H,30,32,35)/t21-/m0/s1. The van der Waals surface area contributed by atoms with Gasteiger partial charge >= 0.3 is 12.1 Å². The maximum absolute atomic E-state index is 13.2. The molecule has 0 aliphatic carbocycles. The molecule has 0 saturated heterocycles. The zero-order valence-electron chi connectivity index (χ0n) is 20.3. The predicted octanol–water partition coefficient (Wildman–Crippen LogP) is 4.19. The average Bonchev–Trinajstić information content (AvgIpc) is 2.88. The highest BCUT2D eigenvalue weighted by molar-refractivity contribution is 6.31. The molecule has 1 aromatic heterocycles. The lowest BCUT2D eigenvalue weighted by molar-refractivity contribution is -0.140. The van der Waals surface area contributed by atoms with Crippen molar-refractivity contribution in [2.75, 3.05) is 25.6 Å². The summed E-state index contributed by atoms with van der Waals surface area (Å²) in [6.45, 7) is 0.0989. The Morgan fingerprint density at radius 3 is 2.65 bits per heavy atom. The Morgan fingerprint density at radius 2 is 1.89 bits per heavy atom. The van der Waals surface area contributed by atoms with Crippen LogP contribution in [0.25, 0.3) is 10.8 Å². The fourth-order valence-electron chi connectivity index (χ4n) is 3.52. The van der Waals surface area contributed by atoms with Crippen LogP contribution in [0.3, 0.4) is 0 Å². The van der Waals surface area contributed by atoms with Gasteiger partial charge in [-0.05, 0) is 42.0 Å². The lowest BCUT2D eigenvalue weighted by Gasteiger charge is -2.19. The minimum absolute atomic E-state index is 0.0472. The third-order valence-electron chi connectivity index (χ3n) is 5.42. The Morgan fingerprint density at radius 1 is 1.11 bits per heavy atom. The van der Waals surface area contributed by atoms with Gasteiger partial charge in [0, 0.05) is 29.6 Å². The number of halogens is 2. The van der Waals surface area contributed by atoms with Crippen molar-refractivity contribution in [2.45, 2.75) is 31.8 Å². The van der Waals surface area contributed by atoms with E-state index in [4.69, 9.17) is 16.3 Å². The summed E-state index contributed by atoms with van der Waals surface area (Å²) in [5.41, 5.74) is 0.646. The van der Waals surface area contributed by atoms with Crippen LogP contribution in [0.2, 0.25) is 5.02 Å². The number of anilines is 1. The van der Waals surface area contributed by atoms with Crippen LogP contribution in [0.15, 0.2) is 54.7 Å². The Labute approximate surface area is 218 Å². The highest BCUT2D eigenvalue weighted by atomic mass is 35.5. The molecule has 3 rings (SSSR count). The number of pyridine rings is 1. The second-order valence-corrected chi connectivity index (χ2v) is 8.62. The summed E-state index contributed by atoms with van der Waals surface area (Å²) < 4.78 is 23.1. The van der Waals surface area contributed by atoms with Crippen LogP contribution < -0.4 is 16.0 Å². The first-order valence-corrected chi connectivity index (χ1v) is 12.0. The molecule has 37 heavy (non-hydrogen) atoms. The van der Waals surface area contributed by atoms with Gasteiger partial charge in [-0.15, -0.1) is 0 Å². The highest BCUT2D eigenvalue weighted by Gasteiger charge is 2.16. The number of benzene rings is 2. The van der Waals surface area contributed by atoms with Crippen LogP contribution in [0.4, 0.5) is 15.0 Å². The zero-order chi connectivity index (χ0) is 26.6. The molecule has 0 fully saturated rings. The number of methoxy groups -OCH3 is 1. The smallest absolute Gasteiger partial charge is 0.412 e. The van der Waals surface area contributed by atoms with Crippen LogP contribution in [0, 0.1) is 5.82 Å². The molecule has 9 nitrogen and oxygen atoms in total. The van der Waals surface area contributed by atoms with E-state index < -0.39 is 18.0 Å². The van der Waals surface area contributed by atoms with E-state index in [0.29, 0.717) is 24.2 Å². The van der Waals surface area contributed by atoms with Crippen LogP contribution in [0.1, 0.15) is 24.8 Å². The Bertz CT molecular complexity index is 1240. The van der Waals surface area contributed by atoms with Crippen molar-refractivity contribution in [3.8, 4) is 0 Å². The molecule has 2 amide bonds. The van der Waals surface area contributed by atoms with E-state index in [9.17, 15) is 18.8 Å². The van der Waals surface area contributed by atoms with Gasteiger partial charge in [0.15, 0.2) is 0 Å². The Hall–Kier alpha value is -3.76. The molecule has 0 spiro atoms. The molecule has 0 bridgehead atoms. The number of hydrogen-bond acceptors (Lipinski definition) is 7. The number of carbonyl (C=O) groups is 3. The molecule has 0 aliphatic heterocycles. The maximum Gasteiger partial charge on any atom is 0.412 e. The van der Waals surface area contributed by atoms with Crippen LogP contribution in [0.5, 0.6) is 0 Å². The van der Waals surface area contributed by atoms with E-state index in [-0.39, 0.29) is 43.0 Å². The molecule has 196 valence electrons. The quantitative estimate of drug-likeness (QED) is 0.300. The van der Waals surface area contributed by atoms with Crippen LogP contribution >= 0.6 is 11.6 Å². The van der Waals surface area contributed by atoms with E-state index >= 15 is 0 Å². The lowest BCUT2D eigenvalue weighted by Crippen LogP contribution is -2.43. The second-order valence-electron chi connectivity index (χ2n) is 8.21.